The maximum absolute atomic E-state index is 12.8. The Bertz CT molecular complexity index is 885. The summed E-state index contributed by atoms with van der Waals surface area (Å²) in [6.07, 6.45) is 3.59. The first kappa shape index (κ1) is 22.5. The third-order valence-corrected chi connectivity index (χ3v) is 4.82. The van der Waals surface area contributed by atoms with Gasteiger partial charge in [0.15, 0.2) is 0 Å². The van der Waals surface area contributed by atoms with Gasteiger partial charge in [-0.1, -0.05) is 41.9 Å². The van der Waals surface area contributed by atoms with Gasteiger partial charge in [-0.25, -0.2) is 4.79 Å². The van der Waals surface area contributed by atoms with Crippen molar-refractivity contribution in [3.8, 4) is 0 Å². The average molecular weight is 433 g/mol. The van der Waals surface area contributed by atoms with Crippen LogP contribution in [0.15, 0.2) is 60.3 Å². The van der Waals surface area contributed by atoms with Crippen LogP contribution in [0.4, 0.5) is 0 Å². The van der Waals surface area contributed by atoms with Crippen LogP contribution in [0.5, 0.6) is 0 Å². The molecule has 0 aromatic heterocycles. The van der Waals surface area contributed by atoms with Crippen LogP contribution in [0.25, 0.3) is 6.08 Å². The fourth-order valence-electron chi connectivity index (χ4n) is 2.40. The van der Waals surface area contributed by atoms with E-state index in [9.17, 15) is 19.5 Å². The summed E-state index contributed by atoms with van der Waals surface area (Å²) in [6, 6.07) is 14.0. The topological polar surface area (TPSA) is 95.5 Å². The van der Waals surface area contributed by atoms with Gasteiger partial charge in [0.05, 0.1) is 0 Å². The van der Waals surface area contributed by atoms with Gasteiger partial charge in [0.1, 0.15) is 11.7 Å². The van der Waals surface area contributed by atoms with Gasteiger partial charge in [-0.15, -0.1) is 0 Å². The lowest BCUT2D eigenvalue weighted by Crippen LogP contribution is -2.44. The first-order chi connectivity index (χ1) is 13.9. The lowest BCUT2D eigenvalue weighted by Gasteiger charge is -2.16. The number of carboxylic acids is 1. The van der Waals surface area contributed by atoms with Crippen LogP contribution in [-0.2, 0) is 9.59 Å². The van der Waals surface area contributed by atoms with E-state index in [4.69, 9.17) is 11.6 Å². The summed E-state index contributed by atoms with van der Waals surface area (Å²) < 4.78 is 0. The Morgan fingerprint density at radius 2 is 1.76 bits per heavy atom. The molecule has 2 aromatic rings. The van der Waals surface area contributed by atoms with Gasteiger partial charge in [0, 0.05) is 10.6 Å². The van der Waals surface area contributed by atoms with Crippen LogP contribution in [0.3, 0.4) is 0 Å². The van der Waals surface area contributed by atoms with Gasteiger partial charge in [0.25, 0.3) is 11.8 Å². The number of halogens is 1. The molecular formula is C21H21ClN2O4S. The highest BCUT2D eigenvalue weighted by Gasteiger charge is 2.22. The van der Waals surface area contributed by atoms with Crippen molar-refractivity contribution in [1.29, 1.82) is 0 Å². The molecule has 0 fully saturated rings. The minimum absolute atomic E-state index is 0.0587. The number of hydrogen-bond acceptors (Lipinski definition) is 4. The molecule has 3 N–H and O–H groups in total. The summed E-state index contributed by atoms with van der Waals surface area (Å²) in [5.74, 6) is -1.72. The Morgan fingerprint density at radius 3 is 2.34 bits per heavy atom. The van der Waals surface area contributed by atoms with E-state index in [1.54, 1.807) is 54.6 Å². The highest BCUT2D eigenvalue weighted by Crippen LogP contribution is 2.13. The van der Waals surface area contributed by atoms with Crippen LogP contribution in [-0.4, -0.2) is 40.9 Å². The van der Waals surface area contributed by atoms with Crippen molar-refractivity contribution in [1.82, 2.24) is 10.6 Å². The number of benzene rings is 2. The maximum atomic E-state index is 12.8. The van der Waals surface area contributed by atoms with Crippen molar-refractivity contribution in [2.75, 3.05) is 12.0 Å². The minimum atomic E-state index is -1.13. The molecule has 0 aliphatic heterocycles. The highest BCUT2D eigenvalue weighted by atomic mass is 35.5. The third-order valence-electron chi connectivity index (χ3n) is 3.92. The van der Waals surface area contributed by atoms with E-state index in [0.717, 1.165) is 0 Å². The zero-order valence-electron chi connectivity index (χ0n) is 15.7. The van der Waals surface area contributed by atoms with Gasteiger partial charge in [-0.05, 0) is 54.3 Å². The van der Waals surface area contributed by atoms with Crippen molar-refractivity contribution in [2.24, 2.45) is 0 Å². The van der Waals surface area contributed by atoms with Crippen molar-refractivity contribution >= 4 is 47.2 Å². The van der Waals surface area contributed by atoms with Gasteiger partial charge in [-0.3, -0.25) is 9.59 Å². The maximum Gasteiger partial charge on any atom is 0.326 e. The van der Waals surface area contributed by atoms with Gasteiger partial charge in [0.2, 0.25) is 0 Å². The normalized spacial score (nSPS) is 12.1. The van der Waals surface area contributed by atoms with Crippen LogP contribution in [0, 0.1) is 0 Å². The number of rotatable bonds is 9. The lowest BCUT2D eigenvalue weighted by molar-refractivity contribution is -0.141. The van der Waals surface area contributed by atoms with Crippen molar-refractivity contribution in [3.05, 3.63) is 76.4 Å². The SMILES string of the molecule is CSCC[C@@H](NC(=O)/C(=C/c1ccc(Cl)cc1)NC(=O)c1ccccc1)C(=O)O. The van der Waals surface area contributed by atoms with E-state index in [0.29, 0.717) is 21.9 Å². The molecule has 0 spiro atoms. The predicted molar refractivity (Wildman–Crippen MR) is 116 cm³/mol. The van der Waals surface area contributed by atoms with Crippen LogP contribution in [0.1, 0.15) is 22.3 Å². The van der Waals surface area contributed by atoms with Crippen LogP contribution < -0.4 is 10.6 Å². The number of aliphatic carboxylic acids is 1. The minimum Gasteiger partial charge on any atom is -0.480 e. The molecule has 29 heavy (non-hydrogen) atoms. The number of carbonyl (C=O) groups is 3. The molecule has 0 aliphatic carbocycles. The molecule has 6 nitrogen and oxygen atoms in total. The summed E-state index contributed by atoms with van der Waals surface area (Å²) >= 11 is 7.37. The van der Waals surface area contributed by atoms with E-state index in [1.807, 2.05) is 6.26 Å². The molecule has 0 bridgehead atoms. The van der Waals surface area contributed by atoms with Crippen molar-refractivity contribution in [2.45, 2.75) is 12.5 Å². The smallest absolute Gasteiger partial charge is 0.326 e. The summed E-state index contributed by atoms with van der Waals surface area (Å²) in [5.41, 5.74) is 0.944. The predicted octanol–water partition coefficient (Wildman–Crippen LogP) is 3.43. The lowest BCUT2D eigenvalue weighted by atomic mass is 10.1. The number of hydrogen-bond donors (Lipinski definition) is 3. The first-order valence-electron chi connectivity index (χ1n) is 8.77. The second-order valence-electron chi connectivity index (χ2n) is 6.08. The van der Waals surface area contributed by atoms with Gasteiger partial charge in [-0.2, -0.15) is 11.8 Å². The zero-order valence-corrected chi connectivity index (χ0v) is 17.3. The number of nitrogens with one attached hydrogen (secondary N) is 2. The van der Waals surface area contributed by atoms with Gasteiger partial charge >= 0.3 is 5.97 Å². The largest absolute Gasteiger partial charge is 0.480 e. The number of amides is 2. The molecule has 2 aromatic carbocycles. The van der Waals surface area contributed by atoms with E-state index in [-0.39, 0.29) is 12.1 Å². The molecule has 8 heteroatoms. The van der Waals surface area contributed by atoms with E-state index in [2.05, 4.69) is 10.6 Å². The van der Waals surface area contributed by atoms with Gasteiger partial charge < -0.3 is 15.7 Å². The Balaban J connectivity index is 2.27. The molecule has 0 heterocycles. The van der Waals surface area contributed by atoms with E-state index in [1.165, 1.54) is 17.8 Å². The number of carbonyl (C=O) groups excluding carboxylic acids is 2. The first-order valence-corrected chi connectivity index (χ1v) is 10.5. The fourth-order valence-corrected chi connectivity index (χ4v) is 2.99. The van der Waals surface area contributed by atoms with Crippen LogP contribution >= 0.6 is 23.4 Å². The Hall–Kier alpha value is -2.77. The molecule has 0 radical (unpaired) electrons. The average Bonchev–Trinajstić information content (AvgIpc) is 2.72. The quantitative estimate of drug-likeness (QED) is 0.527. The molecule has 2 amide bonds. The molecule has 152 valence electrons. The molecule has 0 aliphatic rings. The van der Waals surface area contributed by atoms with E-state index < -0.39 is 23.8 Å². The Morgan fingerprint density at radius 1 is 1.10 bits per heavy atom. The zero-order chi connectivity index (χ0) is 21.2. The summed E-state index contributed by atoms with van der Waals surface area (Å²) in [4.78, 5) is 36.7. The molecular weight excluding hydrogens is 412 g/mol. The Labute approximate surface area is 178 Å². The number of thioether (sulfide) groups is 1. The van der Waals surface area contributed by atoms with Crippen molar-refractivity contribution < 1.29 is 19.5 Å². The third kappa shape index (κ3) is 7.29. The molecule has 0 saturated heterocycles. The Kier molecular flexibility index (Phi) is 8.76. The summed E-state index contributed by atoms with van der Waals surface area (Å²) in [7, 11) is 0. The second kappa shape index (κ2) is 11.3. The standard InChI is InChI=1S/C21H21ClN2O4S/c1-29-12-11-17(21(27)28)23-20(26)18(13-14-7-9-16(22)10-8-14)24-19(25)15-5-3-2-4-6-15/h2-10,13,17H,11-12H2,1H3,(H,23,26)(H,24,25)(H,27,28)/b18-13-/t17-/m1/s1. The monoisotopic (exact) mass is 432 g/mol. The highest BCUT2D eigenvalue weighted by molar-refractivity contribution is 7.98. The van der Waals surface area contributed by atoms with Crippen LogP contribution in [0.2, 0.25) is 5.02 Å². The second-order valence-corrected chi connectivity index (χ2v) is 7.50. The fraction of sp³-hybridized carbons (Fsp3) is 0.190. The summed E-state index contributed by atoms with van der Waals surface area (Å²) in [5, 5.41) is 15.0. The van der Waals surface area contributed by atoms with E-state index >= 15 is 0 Å². The van der Waals surface area contributed by atoms with Crippen molar-refractivity contribution in [3.63, 3.8) is 0 Å². The summed E-state index contributed by atoms with van der Waals surface area (Å²) in [6.45, 7) is 0. The molecule has 2 rings (SSSR count). The molecule has 0 saturated carbocycles. The number of carboxylic acid groups (broad SMARTS) is 1. The molecule has 1 atom stereocenters. The molecule has 0 unspecified atom stereocenters.